The molecule has 2 aliphatic rings. The normalized spacial score (nSPS) is 23.3. The van der Waals surface area contributed by atoms with Crippen molar-refractivity contribution in [2.75, 3.05) is 12.3 Å². The molecular weight excluding hydrogens is 398 g/mol. The van der Waals surface area contributed by atoms with Gasteiger partial charge in [-0.25, -0.2) is 8.42 Å². The molecule has 1 aromatic carbocycles. The number of thioether (sulfide) groups is 1. The Balaban J connectivity index is 1.76. The molecule has 0 saturated carbocycles. The highest BCUT2D eigenvalue weighted by Crippen LogP contribution is 2.39. The zero-order valence-corrected chi connectivity index (χ0v) is 17.7. The van der Waals surface area contributed by atoms with E-state index in [2.05, 4.69) is 0 Å². The first-order valence-corrected chi connectivity index (χ1v) is 12.1. The number of hydrogen-bond donors (Lipinski definition) is 1. The molecule has 1 aliphatic heterocycles. The molecule has 1 unspecified atom stereocenters. The predicted octanol–water partition coefficient (Wildman–Crippen LogP) is 3.67. The molecular formula is C20H25NO5S2. The maximum atomic E-state index is 13.3. The van der Waals surface area contributed by atoms with Crippen LogP contribution in [0.4, 0.5) is 0 Å². The quantitative estimate of drug-likeness (QED) is 0.758. The smallest absolute Gasteiger partial charge is 0.323 e. The van der Waals surface area contributed by atoms with Crippen LogP contribution in [0.2, 0.25) is 0 Å². The minimum Gasteiger partial charge on any atom is -0.480 e. The molecule has 1 aromatic heterocycles. The van der Waals surface area contributed by atoms with Crippen LogP contribution >= 0.6 is 11.8 Å². The van der Waals surface area contributed by atoms with Crippen LogP contribution in [0.25, 0.3) is 11.0 Å². The zero-order valence-electron chi connectivity index (χ0n) is 16.1. The van der Waals surface area contributed by atoms with Gasteiger partial charge < -0.3 is 9.52 Å². The molecule has 28 heavy (non-hydrogen) atoms. The van der Waals surface area contributed by atoms with Gasteiger partial charge in [0, 0.05) is 40.5 Å². The SMILES string of the molecule is CC1(C)SCCN(S(=O)(=O)c2ccc3c4c(oc3c2)CCCCC4)C1C(=O)O. The van der Waals surface area contributed by atoms with Gasteiger partial charge in [0.1, 0.15) is 17.4 Å². The van der Waals surface area contributed by atoms with Crippen LogP contribution in [0.3, 0.4) is 0 Å². The predicted molar refractivity (Wildman–Crippen MR) is 109 cm³/mol. The second-order valence-electron chi connectivity index (χ2n) is 8.03. The van der Waals surface area contributed by atoms with Crippen LogP contribution < -0.4 is 0 Å². The van der Waals surface area contributed by atoms with Gasteiger partial charge in [0.15, 0.2) is 0 Å². The third kappa shape index (κ3) is 3.25. The van der Waals surface area contributed by atoms with Crippen molar-refractivity contribution in [2.45, 2.75) is 61.6 Å². The van der Waals surface area contributed by atoms with E-state index in [1.54, 1.807) is 26.0 Å². The van der Waals surface area contributed by atoms with Crippen LogP contribution in [0.15, 0.2) is 27.5 Å². The highest BCUT2D eigenvalue weighted by Gasteiger charge is 2.48. The van der Waals surface area contributed by atoms with Crippen molar-refractivity contribution >= 4 is 38.7 Å². The third-order valence-corrected chi connectivity index (χ3v) is 8.97. The molecule has 6 nitrogen and oxygen atoms in total. The lowest BCUT2D eigenvalue weighted by Gasteiger charge is -2.42. The third-order valence-electron chi connectivity index (χ3n) is 5.75. The molecule has 0 radical (unpaired) electrons. The Hall–Kier alpha value is -1.51. The fourth-order valence-corrected chi connectivity index (χ4v) is 7.46. The van der Waals surface area contributed by atoms with Gasteiger partial charge in [-0.15, -0.1) is 0 Å². The Labute approximate surface area is 169 Å². The summed E-state index contributed by atoms with van der Waals surface area (Å²) in [4.78, 5) is 12.0. The summed E-state index contributed by atoms with van der Waals surface area (Å²) < 4.78 is 33.1. The van der Waals surface area contributed by atoms with E-state index in [0.29, 0.717) is 11.3 Å². The van der Waals surface area contributed by atoms with Crippen LogP contribution in [-0.4, -0.2) is 46.9 Å². The summed E-state index contributed by atoms with van der Waals surface area (Å²) in [5, 5.41) is 10.7. The lowest BCUT2D eigenvalue weighted by atomic mass is 10.0. The van der Waals surface area contributed by atoms with E-state index in [4.69, 9.17) is 4.42 Å². The number of aryl methyl sites for hydroxylation is 2. The topological polar surface area (TPSA) is 87.8 Å². The number of carboxylic acid groups (broad SMARTS) is 1. The number of carboxylic acids is 1. The van der Waals surface area contributed by atoms with E-state index in [9.17, 15) is 18.3 Å². The van der Waals surface area contributed by atoms with Gasteiger partial charge >= 0.3 is 5.97 Å². The van der Waals surface area contributed by atoms with Gasteiger partial charge in [0.05, 0.1) is 4.90 Å². The number of carbonyl (C=O) groups is 1. The average Bonchev–Trinajstić information content (AvgIpc) is 2.80. The van der Waals surface area contributed by atoms with Crippen LogP contribution in [0, 0.1) is 0 Å². The molecule has 0 bridgehead atoms. The number of rotatable bonds is 3. The lowest BCUT2D eigenvalue weighted by Crippen LogP contribution is -2.58. The minimum absolute atomic E-state index is 0.0952. The van der Waals surface area contributed by atoms with Crippen LogP contribution in [-0.2, 0) is 27.7 Å². The fraction of sp³-hybridized carbons (Fsp3) is 0.550. The molecule has 1 saturated heterocycles. The second kappa shape index (κ2) is 7.07. The molecule has 0 amide bonds. The molecule has 0 spiro atoms. The van der Waals surface area contributed by atoms with Crippen LogP contribution in [0.1, 0.15) is 44.4 Å². The molecule has 1 atom stereocenters. The van der Waals surface area contributed by atoms with Crippen molar-refractivity contribution in [3.8, 4) is 0 Å². The minimum atomic E-state index is -3.95. The number of hydrogen-bond acceptors (Lipinski definition) is 5. The van der Waals surface area contributed by atoms with E-state index in [1.165, 1.54) is 23.7 Å². The van der Waals surface area contributed by atoms with Crippen molar-refractivity contribution in [3.05, 3.63) is 29.5 Å². The molecule has 2 aromatic rings. The van der Waals surface area contributed by atoms with Gasteiger partial charge in [-0.3, -0.25) is 4.79 Å². The monoisotopic (exact) mass is 423 g/mol. The first kappa shape index (κ1) is 19.8. The summed E-state index contributed by atoms with van der Waals surface area (Å²) in [7, 11) is -3.95. The van der Waals surface area contributed by atoms with E-state index in [-0.39, 0.29) is 11.4 Å². The fourth-order valence-electron chi connectivity index (χ4n) is 4.35. The standard InChI is InChI=1S/C20H25NO5S2/c1-20(2)18(19(22)23)21(10-11-27-20)28(24,25)13-8-9-15-14-6-4-3-5-7-16(14)26-17(15)12-13/h8-9,12,18H,3-7,10-11H2,1-2H3,(H,22,23). The molecule has 4 rings (SSSR count). The number of fused-ring (bicyclic) bond motifs is 3. The number of benzene rings is 1. The average molecular weight is 424 g/mol. The largest absolute Gasteiger partial charge is 0.480 e. The zero-order chi connectivity index (χ0) is 20.1. The second-order valence-corrected chi connectivity index (χ2v) is 11.7. The summed E-state index contributed by atoms with van der Waals surface area (Å²) in [5.41, 5.74) is 1.76. The first-order chi connectivity index (χ1) is 13.2. The molecule has 152 valence electrons. The van der Waals surface area contributed by atoms with Crippen molar-refractivity contribution in [1.29, 1.82) is 0 Å². The van der Waals surface area contributed by atoms with Gasteiger partial charge in [-0.1, -0.05) is 6.42 Å². The molecule has 2 heterocycles. The first-order valence-electron chi connectivity index (χ1n) is 9.65. The Kier molecular flexibility index (Phi) is 5.00. The summed E-state index contributed by atoms with van der Waals surface area (Å²) in [6.07, 6.45) is 5.20. The molecule has 1 fully saturated rings. The van der Waals surface area contributed by atoms with Gasteiger partial charge in [0.2, 0.25) is 10.0 Å². The van der Waals surface area contributed by atoms with Gasteiger partial charge in [0.25, 0.3) is 0 Å². The van der Waals surface area contributed by atoms with Crippen LogP contribution in [0.5, 0.6) is 0 Å². The van der Waals surface area contributed by atoms with E-state index >= 15 is 0 Å². The van der Waals surface area contributed by atoms with Crippen molar-refractivity contribution in [1.82, 2.24) is 4.31 Å². The van der Waals surface area contributed by atoms with E-state index in [0.717, 1.165) is 41.1 Å². The number of nitrogens with zero attached hydrogens (tertiary/aromatic N) is 1. The number of furan rings is 1. The lowest BCUT2D eigenvalue weighted by molar-refractivity contribution is -0.142. The highest BCUT2D eigenvalue weighted by atomic mass is 32.2. The molecule has 8 heteroatoms. The maximum absolute atomic E-state index is 13.3. The Morgan fingerprint density at radius 2 is 2.00 bits per heavy atom. The summed E-state index contributed by atoms with van der Waals surface area (Å²) in [6, 6.07) is 3.86. The Morgan fingerprint density at radius 3 is 2.75 bits per heavy atom. The summed E-state index contributed by atoms with van der Waals surface area (Å²) in [5.74, 6) is 0.403. The summed E-state index contributed by atoms with van der Waals surface area (Å²) >= 11 is 1.49. The molecule has 1 aliphatic carbocycles. The van der Waals surface area contributed by atoms with E-state index in [1.807, 2.05) is 6.07 Å². The number of sulfonamides is 1. The highest BCUT2D eigenvalue weighted by molar-refractivity contribution is 8.00. The Bertz CT molecular complexity index is 1020. The molecule has 1 N–H and O–H groups in total. The summed E-state index contributed by atoms with van der Waals surface area (Å²) in [6.45, 7) is 3.75. The van der Waals surface area contributed by atoms with Crippen molar-refractivity contribution < 1.29 is 22.7 Å². The van der Waals surface area contributed by atoms with Gasteiger partial charge in [-0.05, 0) is 45.2 Å². The Morgan fingerprint density at radius 1 is 1.25 bits per heavy atom. The van der Waals surface area contributed by atoms with E-state index < -0.39 is 26.8 Å². The number of aliphatic carboxylic acids is 1. The van der Waals surface area contributed by atoms with Crippen molar-refractivity contribution in [3.63, 3.8) is 0 Å². The van der Waals surface area contributed by atoms with Gasteiger partial charge in [-0.2, -0.15) is 16.1 Å². The maximum Gasteiger partial charge on any atom is 0.323 e. The van der Waals surface area contributed by atoms with Crippen molar-refractivity contribution in [2.24, 2.45) is 0 Å².